The molecule has 0 aromatic heterocycles. The first kappa shape index (κ1) is 29.9. The third kappa shape index (κ3) is 14.1. The van der Waals surface area contributed by atoms with Crippen LogP contribution < -0.4 is 0 Å². The predicted octanol–water partition coefficient (Wildman–Crippen LogP) is 5.84. The van der Waals surface area contributed by atoms with E-state index in [1.165, 1.54) is 0 Å². The molecule has 4 aromatic rings. The van der Waals surface area contributed by atoms with E-state index < -0.39 is 17.9 Å². The van der Waals surface area contributed by atoms with Gasteiger partial charge in [0.1, 0.15) is 0 Å². The first-order valence-corrected chi connectivity index (χ1v) is 9.77. The van der Waals surface area contributed by atoms with Crippen LogP contribution in [0.2, 0.25) is 0 Å². The van der Waals surface area contributed by atoms with Crippen molar-refractivity contribution in [1.82, 2.24) is 0 Å². The molecule has 0 aliphatic rings. The topological polar surface area (TPSA) is 112 Å². The normalized spacial score (nSPS) is 8.47. The van der Waals surface area contributed by atoms with Gasteiger partial charge in [-0.25, -0.2) is 14.4 Å². The molecule has 0 aliphatic carbocycles. The van der Waals surface area contributed by atoms with Crippen LogP contribution in [-0.2, 0) is 19.5 Å². The van der Waals surface area contributed by atoms with E-state index in [2.05, 4.69) is 0 Å². The summed E-state index contributed by atoms with van der Waals surface area (Å²) in [4.78, 5) is 30.6. The van der Waals surface area contributed by atoms with Gasteiger partial charge in [0.2, 0.25) is 0 Å². The third-order valence-electron chi connectivity index (χ3n) is 3.73. The average molecular weight is 510 g/mol. The Morgan fingerprint density at radius 3 is 0.618 bits per heavy atom. The van der Waals surface area contributed by atoms with Crippen LogP contribution in [0.3, 0.4) is 0 Å². The van der Waals surface area contributed by atoms with Crippen molar-refractivity contribution in [3.05, 3.63) is 144 Å². The zero-order valence-electron chi connectivity index (χ0n) is 18.4. The molecule has 0 saturated heterocycles. The summed E-state index contributed by atoms with van der Waals surface area (Å²) in [6.07, 6.45) is 0. The summed E-state index contributed by atoms with van der Waals surface area (Å²) in [5, 5.41) is 25.2. The Hall–Kier alpha value is -4.09. The van der Waals surface area contributed by atoms with E-state index in [0.717, 1.165) is 0 Å². The van der Waals surface area contributed by atoms with Crippen LogP contribution in [0.25, 0.3) is 0 Å². The maximum atomic E-state index is 10.2. The van der Waals surface area contributed by atoms with E-state index in [0.29, 0.717) is 16.7 Å². The Morgan fingerprint density at radius 2 is 0.500 bits per heavy atom. The molecule has 0 spiro atoms. The fourth-order valence-corrected chi connectivity index (χ4v) is 2.13. The number of hydrogen-bond acceptors (Lipinski definition) is 3. The Balaban J connectivity index is 0.000000427. The second-order valence-corrected chi connectivity index (χ2v) is 6.17. The van der Waals surface area contributed by atoms with Crippen molar-refractivity contribution in [2.24, 2.45) is 0 Å². The Morgan fingerprint density at radius 1 is 0.353 bits per heavy atom. The largest absolute Gasteiger partial charge is 0.478 e. The monoisotopic (exact) mass is 508 g/mol. The Bertz CT molecular complexity index is 929. The van der Waals surface area contributed by atoms with Gasteiger partial charge in [0.25, 0.3) is 0 Å². The fraction of sp³-hybridized carbons (Fsp3) is 0. The van der Waals surface area contributed by atoms with E-state index in [4.69, 9.17) is 15.3 Å². The first-order chi connectivity index (χ1) is 15.9. The number of carbonyl (C=O) groups is 3. The Kier molecular flexibility index (Phi) is 16.3. The number of rotatable bonds is 3. The second-order valence-electron chi connectivity index (χ2n) is 6.17. The molecular formula is C27H24O6Zn. The molecule has 170 valence electrons. The third-order valence-corrected chi connectivity index (χ3v) is 3.73. The smallest absolute Gasteiger partial charge is 0.335 e. The van der Waals surface area contributed by atoms with Crippen molar-refractivity contribution in [3.63, 3.8) is 0 Å². The molecule has 6 nitrogen and oxygen atoms in total. The summed E-state index contributed by atoms with van der Waals surface area (Å²) in [7, 11) is 0. The van der Waals surface area contributed by atoms with Gasteiger partial charge in [-0.15, -0.1) is 0 Å². The van der Waals surface area contributed by atoms with E-state index in [1.54, 1.807) is 91.0 Å². The molecule has 7 heteroatoms. The summed E-state index contributed by atoms with van der Waals surface area (Å²) < 4.78 is 0. The fourth-order valence-electron chi connectivity index (χ4n) is 2.13. The summed E-state index contributed by atoms with van der Waals surface area (Å²) in [6, 6.07) is 36.9. The molecule has 0 fully saturated rings. The molecular weight excluding hydrogens is 486 g/mol. The van der Waals surface area contributed by atoms with Crippen LogP contribution in [0, 0.1) is 0 Å². The van der Waals surface area contributed by atoms with Crippen LogP contribution in [0.5, 0.6) is 0 Å². The predicted molar refractivity (Wildman–Crippen MR) is 127 cm³/mol. The van der Waals surface area contributed by atoms with Gasteiger partial charge in [0, 0.05) is 19.5 Å². The summed E-state index contributed by atoms with van der Waals surface area (Å²) in [6.45, 7) is 0. The minimum atomic E-state index is -0.879. The summed E-state index contributed by atoms with van der Waals surface area (Å²) in [5.74, 6) is -2.64. The molecule has 0 amide bonds. The number of benzene rings is 4. The summed E-state index contributed by atoms with van der Waals surface area (Å²) >= 11 is 0. The maximum absolute atomic E-state index is 10.2. The molecule has 4 aromatic carbocycles. The molecule has 0 aliphatic heterocycles. The SMILES string of the molecule is O=C(O)c1ccccc1.O=C(O)c1ccccc1.O=C(O)c1ccccc1.[Zn].c1ccccc1. The molecule has 0 heterocycles. The quantitative estimate of drug-likeness (QED) is 0.299. The molecule has 0 atom stereocenters. The van der Waals surface area contributed by atoms with Crippen LogP contribution >= 0.6 is 0 Å². The minimum absolute atomic E-state index is 0. The average Bonchev–Trinajstić information content (AvgIpc) is 2.88. The molecule has 0 saturated carbocycles. The van der Waals surface area contributed by atoms with E-state index in [-0.39, 0.29) is 19.5 Å². The molecule has 34 heavy (non-hydrogen) atoms. The van der Waals surface area contributed by atoms with Gasteiger partial charge >= 0.3 is 17.9 Å². The summed E-state index contributed by atoms with van der Waals surface area (Å²) in [5.41, 5.74) is 0.993. The maximum Gasteiger partial charge on any atom is 0.335 e. The van der Waals surface area contributed by atoms with Crippen LogP contribution in [-0.4, -0.2) is 33.2 Å². The number of carboxylic acid groups (broad SMARTS) is 3. The van der Waals surface area contributed by atoms with Crippen LogP contribution in [0.4, 0.5) is 0 Å². The van der Waals surface area contributed by atoms with E-state index >= 15 is 0 Å². The van der Waals surface area contributed by atoms with Crippen molar-refractivity contribution in [3.8, 4) is 0 Å². The van der Waals surface area contributed by atoms with Gasteiger partial charge in [-0.2, -0.15) is 0 Å². The first-order valence-electron chi connectivity index (χ1n) is 9.77. The zero-order valence-corrected chi connectivity index (χ0v) is 21.4. The second kappa shape index (κ2) is 18.5. The van der Waals surface area contributed by atoms with Crippen LogP contribution in [0.1, 0.15) is 31.1 Å². The van der Waals surface area contributed by atoms with Crippen LogP contribution in [0.15, 0.2) is 127 Å². The van der Waals surface area contributed by atoms with Crippen molar-refractivity contribution >= 4 is 17.9 Å². The van der Waals surface area contributed by atoms with E-state index in [9.17, 15) is 14.4 Å². The van der Waals surface area contributed by atoms with E-state index in [1.807, 2.05) is 36.4 Å². The molecule has 0 unspecified atom stereocenters. The minimum Gasteiger partial charge on any atom is -0.478 e. The zero-order chi connectivity index (χ0) is 24.3. The van der Waals surface area contributed by atoms with Crippen molar-refractivity contribution in [1.29, 1.82) is 0 Å². The van der Waals surface area contributed by atoms with Gasteiger partial charge in [-0.3, -0.25) is 0 Å². The van der Waals surface area contributed by atoms with Gasteiger partial charge in [-0.1, -0.05) is 91.0 Å². The number of aromatic carboxylic acids is 3. The Labute approximate surface area is 210 Å². The van der Waals surface area contributed by atoms with Crippen molar-refractivity contribution in [2.75, 3.05) is 0 Å². The standard InChI is InChI=1S/3C7H6O2.C6H6.Zn/c3*8-7(9)6-4-2-1-3-5-6;1-2-4-6-5-3-1;/h3*1-5H,(H,8,9);1-6H;. The molecule has 0 radical (unpaired) electrons. The van der Waals surface area contributed by atoms with Crippen molar-refractivity contribution < 1.29 is 49.2 Å². The van der Waals surface area contributed by atoms with Gasteiger partial charge in [0.15, 0.2) is 0 Å². The van der Waals surface area contributed by atoms with Crippen molar-refractivity contribution in [2.45, 2.75) is 0 Å². The van der Waals surface area contributed by atoms with Gasteiger partial charge in [0.05, 0.1) is 16.7 Å². The van der Waals surface area contributed by atoms with Gasteiger partial charge in [-0.05, 0) is 36.4 Å². The van der Waals surface area contributed by atoms with Gasteiger partial charge < -0.3 is 15.3 Å². The molecule has 4 rings (SSSR count). The molecule has 0 bridgehead atoms. The number of hydrogen-bond donors (Lipinski definition) is 3. The molecule has 3 N–H and O–H groups in total. The number of carboxylic acids is 3.